The van der Waals surface area contributed by atoms with Crippen molar-refractivity contribution in [3.63, 3.8) is 0 Å². The van der Waals surface area contributed by atoms with Gasteiger partial charge in [0.15, 0.2) is 10.9 Å². The molecule has 1 aliphatic rings. The summed E-state index contributed by atoms with van der Waals surface area (Å²) >= 11 is 1.64. The smallest absolute Gasteiger partial charge is 0.193 e. The maximum Gasteiger partial charge on any atom is 0.193 e. The van der Waals surface area contributed by atoms with Crippen LogP contribution in [-0.2, 0) is 13.1 Å². The summed E-state index contributed by atoms with van der Waals surface area (Å²) in [4.78, 5) is 9.93. The number of imidazole rings is 1. The van der Waals surface area contributed by atoms with Gasteiger partial charge in [0.05, 0.1) is 18.3 Å². The minimum absolute atomic E-state index is 0.354. The highest BCUT2D eigenvalue weighted by Crippen LogP contribution is 2.27. The minimum Gasteiger partial charge on any atom is -0.490 e. The Bertz CT molecular complexity index is 926. The molecule has 0 amide bonds. The summed E-state index contributed by atoms with van der Waals surface area (Å²) < 4.78 is 8.33. The lowest BCUT2D eigenvalue weighted by atomic mass is 10.1. The highest BCUT2D eigenvalue weighted by Gasteiger charge is 2.18. The van der Waals surface area contributed by atoms with Gasteiger partial charge in [0, 0.05) is 36.9 Å². The first-order chi connectivity index (χ1) is 13.7. The Morgan fingerprint density at radius 1 is 1.29 bits per heavy atom. The van der Waals surface area contributed by atoms with E-state index in [-0.39, 0.29) is 0 Å². The normalized spacial score (nSPS) is 15.3. The van der Waals surface area contributed by atoms with Crippen LogP contribution in [0.2, 0.25) is 0 Å². The third-order valence-electron chi connectivity index (χ3n) is 5.07. The second-order valence-electron chi connectivity index (χ2n) is 7.24. The Morgan fingerprint density at radius 2 is 2.11 bits per heavy atom. The summed E-state index contributed by atoms with van der Waals surface area (Å²) in [7, 11) is 1.78. The van der Waals surface area contributed by atoms with Crippen LogP contribution in [0.5, 0.6) is 5.75 Å². The number of thiazole rings is 1. The number of benzene rings is 1. The van der Waals surface area contributed by atoms with Crippen LogP contribution in [0.25, 0.3) is 4.96 Å². The number of rotatable bonds is 6. The van der Waals surface area contributed by atoms with Crippen molar-refractivity contribution in [2.75, 3.05) is 7.05 Å². The Labute approximate surface area is 169 Å². The van der Waals surface area contributed by atoms with E-state index in [1.807, 2.05) is 22.2 Å². The van der Waals surface area contributed by atoms with Crippen LogP contribution < -0.4 is 15.4 Å². The lowest BCUT2D eigenvalue weighted by molar-refractivity contribution is 0.207. The molecule has 7 heteroatoms. The topological polar surface area (TPSA) is 63.0 Å². The van der Waals surface area contributed by atoms with Crippen LogP contribution >= 0.6 is 11.3 Å². The van der Waals surface area contributed by atoms with Crippen molar-refractivity contribution < 1.29 is 4.74 Å². The molecule has 1 fully saturated rings. The number of guanidine groups is 1. The van der Waals surface area contributed by atoms with Gasteiger partial charge in [0.25, 0.3) is 0 Å². The monoisotopic (exact) mass is 397 g/mol. The van der Waals surface area contributed by atoms with E-state index in [0.717, 1.165) is 40.8 Å². The van der Waals surface area contributed by atoms with Gasteiger partial charge in [-0.05, 0) is 44.2 Å². The van der Waals surface area contributed by atoms with Gasteiger partial charge in [-0.25, -0.2) is 4.98 Å². The zero-order valence-corrected chi connectivity index (χ0v) is 17.3. The van der Waals surface area contributed by atoms with Crippen LogP contribution in [0.4, 0.5) is 0 Å². The van der Waals surface area contributed by atoms with Gasteiger partial charge in [-0.2, -0.15) is 0 Å². The number of aryl methyl sites for hydroxylation is 1. The molecular formula is C21H27N5OS. The molecule has 1 aliphatic carbocycles. The number of hydrogen-bond donors (Lipinski definition) is 2. The average Bonchev–Trinajstić information content (AvgIpc) is 3.41. The molecule has 1 saturated carbocycles. The lowest BCUT2D eigenvalue weighted by Gasteiger charge is -2.18. The molecule has 0 aliphatic heterocycles. The molecule has 28 heavy (non-hydrogen) atoms. The van der Waals surface area contributed by atoms with Crippen LogP contribution in [0.3, 0.4) is 0 Å². The van der Waals surface area contributed by atoms with Gasteiger partial charge in [0.2, 0.25) is 0 Å². The van der Waals surface area contributed by atoms with E-state index in [2.05, 4.69) is 45.7 Å². The SMILES string of the molecule is CN=C(NCc1cn2ccsc2n1)NCc1ccc(C)cc1OC1CCCC1. The molecule has 3 aromatic rings. The van der Waals surface area contributed by atoms with Crippen molar-refractivity contribution in [3.05, 3.63) is 52.8 Å². The fourth-order valence-corrected chi connectivity index (χ4v) is 4.26. The molecule has 0 bridgehead atoms. The molecule has 2 heterocycles. The Balaban J connectivity index is 1.36. The fraction of sp³-hybridized carbons (Fsp3) is 0.429. The van der Waals surface area contributed by atoms with Crippen LogP contribution in [0.15, 0.2) is 41.0 Å². The summed E-state index contributed by atoms with van der Waals surface area (Å²) in [5.41, 5.74) is 3.37. The molecule has 0 saturated heterocycles. The predicted octanol–water partition coefficient (Wildman–Crippen LogP) is 3.89. The zero-order valence-electron chi connectivity index (χ0n) is 16.4. The number of nitrogens with zero attached hydrogens (tertiary/aromatic N) is 3. The molecule has 148 valence electrons. The largest absolute Gasteiger partial charge is 0.490 e. The van der Waals surface area contributed by atoms with Gasteiger partial charge < -0.3 is 15.4 Å². The Morgan fingerprint density at radius 3 is 2.89 bits per heavy atom. The first-order valence-corrected chi connectivity index (χ1v) is 10.7. The Kier molecular flexibility index (Phi) is 5.81. The van der Waals surface area contributed by atoms with Gasteiger partial charge in [-0.1, -0.05) is 12.1 Å². The van der Waals surface area contributed by atoms with E-state index < -0.39 is 0 Å². The second-order valence-corrected chi connectivity index (χ2v) is 8.11. The molecule has 0 radical (unpaired) electrons. The van der Waals surface area contributed by atoms with Gasteiger partial charge in [-0.3, -0.25) is 9.39 Å². The molecule has 6 nitrogen and oxygen atoms in total. The number of ether oxygens (including phenoxy) is 1. The number of aromatic nitrogens is 2. The van der Waals surface area contributed by atoms with Gasteiger partial charge in [0.1, 0.15) is 5.75 Å². The third-order valence-corrected chi connectivity index (χ3v) is 5.84. The predicted molar refractivity (Wildman–Crippen MR) is 114 cm³/mol. The van der Waals surface area contributed by atoms with Crippen molar-refractivity contribution in [2.24, 2.45) is 4.99 Å². The van der Waals surface area contributed by atoms with Crippen molar-refractivity contribution in [2.45, 2.75) is 51.8 Å². The first-order valence-electron chi connectivity index (χ1n) is 9.83. The van der Waals surface area contributed by atoms with E-state index in [1.165, 1.54) is 18.4 Å². The summed E-state index contributed by atoms with van der Waals surface area (Å²) in [5.74, 6) is 1.74. The van der Waals surface area contributed by atoms with E-state index >= 15 is 0 Å². The summed E-state index contributed by atoms with van der Waals surface area (Å²) in [6, 6.07) is 6.42. The van der Waals surface area contributed by atoms with E-state index in [1.54, 1.807) is 18.4 Å². The second kappa shape index (κ2) is 8.65. The van der Waals surface area contributed by atoms with Gasteiger partial charge in [-0.15, -0.1) is 11.3 Å². The number of nitrogens with one attached hydrogen (secondary N) is 2. The molecule has 1 aromatic carbocycles. The van der Waals surface area contributed by atoms with Crippen LogP contribution in [0, 0.1) is 6.92 Å². The summed E-state index contributed by atoms with van der Waals surface area (Å²) in [6.45, 7) is 3.41. The first kappa shape index (κ1) is 18.8. The quantitative estimate of drug-likeness (QED) is 0.489. The van der Waals surface area contributed by atoms with Crippen LogP contribution in [-0.4, -0.2) is 28.5 Å². The third kappa shape index (κ3) is 4.47. The molecular weight excluding hydrogens is 370 g/mol. The number of fused-ring (bicyclic) bond motifs is 1. The standard InChI is InChI=1S/C21H27N5OS/c1-15-7-8-16(19(11-15)27-18-5-3-4-6-18)12-23-20(22-2)24-13-17-14-26-9-10-28-21(26)25-17/h7-11,14,18H,3-6,12-13H2,1-2H3,(H2,22,23,24). The molecule has 2 N–H and O–H groups in total. The molecule has 0 atom stereocenters. The fourth-order valence-electron chi connectivity index (χ4n) is 3.54. The van der Waals surface area contributed by atoms with Crippen molar-refractivity contribution in [1.29, 1.82) is 0 Å². The number of aliphatic imine (C=N–C) groups is 1. The van der Waals surface area contributed by atoms with E-state index in [0.29, 0.717) is 19.2 Å². The summed E-state index contributed by atoms with van der Waals surface area (Å²) in [6.07, 6.45) is 9.27. The van der Waals surface area contributed by atoms with Crippen molar-refractivity contribution >= 4 is 22.3 Å². The van der Waals surface area contributed by atoms with Crippen molar-refractivity contribution in [3.8, 4) is 5.75 Å². The molecule has 4 rings (SSSR count). The molecule has 0 unspecified atom stereocenters. The van der Waals surface area contributed by atoms with Crippen molar-refractivity contribution in [1.82, 2.24) is 20.0 Å². The molecule has 0 spiro atoms. The highest BCUT2D eigenvalue weighted by atomic mass is 32.1. The van der Waals surface area contributed by atoms with Gasteiger partial charge >= 0.3 is 0 Å². The van der Waals surface area contributed by atoms with E-state index in [9.17, 15) is 0 Å². The average molecular weight is 398 g/mol. The lowest BCUT2D eigenvalue weighted by Crippen LogP contribution is -2.36. The maximum atomic E-state index is 6.30. The Hall–Kier alpha value is -2.54. The highest BCUT2D eigenvalue weighted by molar-refractivity contribution is 7.15. The zero-order chi connectivity index (χ0) is 19.3. The summed E-state index contributed by atoms with van der Waals surface area (Å²) in [5, 5.41) is 8.77. The molecule has 2 aromatic heterocycles. The number of hydrogen-bond acceptors (Lipinski definition) is 4. The van der Waals surface area contributed by atoms with E-state index in [4.69, 9.17) is 4.74 Å². The minimum atomic E-state index is 0.354. The maximum absolute atomic E-state index is 6.30. The van der Waals surface area contributed by atoms with Crippen LogP contribution in [0.1, 0.15) is 42.5 Å².